The lowest BCUT2D eigenvalue weighted by Crippen LogP contribution is -2.21. The first-order valence-corrected chi connectivity index (χ1v) is 9.06. The number of hydrogen-bond acceptors (Lipinski definition) is 2. The van der Waals surface area contributed by atoms with Crippen molar-refractivity contribution in [2.45, 2.75) is 91.0 Å². The fourth-order valence-corrected chi connectivity index (χ4v) is 2.83. The summed E-state index contributed by atoms with van der Waals surface area (Å²) in [7, 11) is 0. The molecule has 0 aliphatic rings. The van der Waals surface area contributed by atoms with E-state index in [-0.39, 0.29) is 0 Å². The highest BCUT2D eigenvalue weighted by atomic mass is 16.3. The SMILES string of the molecule is CCCCCCCCCCC(NCCC)c1coc(C)c1. The first-order chi connectivity index (χ1) is 10.3. The molecule has 2 nitrogen and oxygen atoms in total. The zero-order valence-electron chi connectivity index (χ0n) is 14.4. The van der Waals surface area contributed by atoms with Crippen molar-refractivity contribution in [2.75, 3.05) is 6.54 Å². The summed E-state index contributed by atoms with van der Waals surface area (Å²) >= 11 is 0. The van der Waals surface area contributed by atoms with Crippen LogP contribution >= 0.6 is 0 Å². The number of rotatable bonds is 13. The van der Waals surface area contributed by atoms with E-state index in [4.69, 9.17) is 4.42 Å². The van der Waals surface area contributed by atoms with E-state index >= 15 is 0 Å². The highest BCUT2D eigenvalue weighted by molar-refractivity contribution is 5.16. The summed E-state index contributed by atoms with van der Waals surface area (Å²) < 4.78 is 5.47. The summed E-state index contributed by atoms with van der Waals surface area (Å²) in [4.78, 5) is 0. The predicted molar refractivity (Wildman–Crippen MR) is 91.7 cm³/mol. The molecule has 1 aromatic heterocycles. The normalized spacial score (nSPS) is 12.7. The van der Waals surface area contributed by atoms with Gasteiger partial charge in [0.15, 0.2) is 0 Å². The number of unbranched alkanes of at least 4 members (excludes halogenated alkanes) is 7. The minimum Gasteiger partial charge on any atom is -0.469 e. The first-order valence-electron chi connectivity index (χ1n) is 9.06. The van der Waals surface area contributed by atoms with Crippen LogP contribution in [0.4, 0.5) is 0 Å². The van der Waals surface area contributed by atoms with Crippen LogP contribution in [0.2, 0.25) is 0 Å². The van der Waals surface area contributed by atoms with Crippen LogP contribution in [-0.4, -0.2) is 6.54 Å². The molecule has 0 fully saturated rings. The number of nitrogens with one attached hydrogen (secondary N) is 1. The lowest BCUT2D eigenvalue weighted by Gasteiger charge is -2.17. The number of hydrogen-bond donors (Lipinski definition) is 1. The lowest BCUT2D eigenvalue weighted by atomic mass is 10.0. The van der Waals surface area contributed by atoms with Gasteiger partial charge in [0.05, 0.1) is 6.26 Å². The molecule has 1 N–H and O–H groups in total. The van der Waals surface area contributed by atoms with Crippen molar-refractivity contribution in [1.82, 2.24) is 5.32 Å². The molecule has 2 heteroatoms. The molecule has 0 aliphatic heterocycles. The average Bonchev–Trinajstić information content (AvgIpc) is 2.91. The number of aryl methyl sites for hydroxylation is 1. The quantitative estimate of drug-likeness (QED) is 0.441. The minimum atomic E-state index is 0.475. The van der Waals surface area contributed by atoms with Crippen molar-refractivity contribution in [1.29, 1.82) is 0 Å². The molecular formula is C19H35NO. The van der Waals surface area contributed by atoms with Gasteiger partial charge in [0.2, 0.25) is 0 Å². The third-order valence-corrected chi connectivity index (χ3v) is 4.14. The van der Waals surface area contributed by atoms with E-state index < -0.39 is 0 Å². The third kappa shape index (κ3) is 8.31. The summed E-state index contributed by atoms with van der Waals surface area (Å²) in [5.41, 5.74) is 1.32. The Morgan fingerprint density at radius 2 is 1.62 bits per heavy atom. The molecule has 0 amide bonds. The minimum absolute atomic E-state index is 0.475. The highest BCUT2D eigenvalue weighted by Gasteiger charge is 2.12. The van der Waals surface area contributed by atoms with Gasteiger partial charge in [0.1, 0.15) is 5.76 Å². The van der Waals surface area contributed by atoms with Crippen LogP contribution in [0.3, 0.4) is 0 Å². The maximum absolute atomic E-state index is 5.47. The van der Waals surface area contributed by atoms with Crippen LogP contribution < -0.4 is 5.32 Å². The highest BCUT2D eigenvalue weighted by Crippen LogP contribution is 2.22. The second-order valence-electron chi connectivity index (χ2n) is 6.26. The predicted octanol–water partition coefficient (Wildman–Crippen LogP) is 6.16. The monoisotopic (exact) mass is 293 g/mol. The molecule has 1 rings (SSSR count). The molecule has 0 bridgehead atoms. The van der Waals surface area contributed by atoms with Gasteiger partial charge in [-0.05, 0) is 32.4 Å². The molecule has 1 aromatic rings. The molecule has 1 atom stereocenters. The number of furan rings is 1. The van der Waals surface area contributed by atoms with E-state index in [0.29, 0.717) is 6.04 Å². The molecule has 0 saturated heterocycles. The van der Waals surface area contributed by atoms with E-state index in [1.165, 1.54) is 69.8 Å². The Hall–Kier alpha value is -0.760. The van der Waals surface area contributed by atoms with Gasteiger partial charge in [-0.1, -0.05) is 65.2 Å². The summed E-state index contributed by atoms with van der Waals surface area (Å²) in [5.74, 6) is 1.02. The lowest BCUT2D eigenvalue weighted by molar-refractivity contribution is 0.458. The maximum Gasteiger partial charge on any atom is 0.101 e. The van der Waals surface area contributed by atoms with Crippen LogP contribution in [0.5, 0.6) is 0 Å². The van der Waals surface area contributed by atoms with Crippen molar-refractivity contribution in [3.63, 3.8) is 0 Å². The standard InChI is InChI=1S/C19H35NO/c1-4-6-7-8-9-10-11-12-13-19(20-14-5-2)18-15-17(3)21-16-18/h15-16,19-20H,4-14H2,1-3H3. The third-order valence-electron chi connectivity index (χ3n) is 4.14. The maximum atomic E-state index is 5.47. The van der Waals surface area contributed by atoms with Gasteiger partial charge in [0.25, 0.3) is 0 Å². The summed E-state index contributed by atoms with van der Waals surface area (Å²) in [6.45, 7) is 7.62. The van der Waals surface area contributed by atoms with E-state index in [0.717, 1.165) is 12.3 Å². The van der Waals surface area contributed by atoms with E-state index in [9.17, 15) is 0 Å². The van der Waals surface area contributed by atoms with Gasteiger partial charge >= 0.3 is 0 Å². The molecule has 0 saturated carbocycles. The second kappa shape index (κ2) is 11.9. The second-order valence-corrected chi connectivity index (χ2v) is 6.26. The van der Waals surface area contributed by atoms with Gasteiger partial charge in [-0.2, -0.15) is 0 Å². The molecule has 21 heavy (non-hydrogen) atoms. The van der Waals surface area contributed by atoms with Crippen LogP contribution in [0.15, 0.2) is 16.7 Å². The fraction of sp³-hybridized carbons (Fsp3) is 0.789. The first kappa shape index (κ1) is 18.3. The van der Waals surface area contributed by atoms with Crippen LogP contribution in [-0.2, 0) is 0 Å². The van der Waals surface area contributed by atoms with E-state index in [1.807, 2.05) is 13.2 Å². The molecule has 0 radical (unpaired) electrons. The molecule has 122 valence electrons. The zero-order valence-corrected chi connectivity index (χ0v) is 14.4. The van der Waals surface area contributed by atoms with Crippen molar-refractivity contribution >= 4 is 0 Å². The van der Waals surface area contributed by atoms with Gasteiger partial charge < -0.3 is 9.73 Å². The van der Waals surface area contributed by atoms with Crippen molar-refractivity contribution in [2.24, 2.45) is 0 Å². The van der Waals surface area contributed by atoms with Gasteiger partial charge in [-0.15, -0.1) is 0 Å². The van der Waals surface area contributed by atoms with Crippen LogP contribution in [0, 0.1) is 6.92 Å². The Labute approximate surface area is 131 Å². The Balaban J connectivity index is 2.18. The zero-order chi connectivity index (χ0) is 15.3. The summed E-state index contributed by atoms with van der Waals surface area (Å²) in [6, 6.07) is 2.65. The van der Waals surface area contributed by atoms with E-state index in [1.54, 1.807) is 0 Å². The topological polar surface area (TPSA) is 25.2 Å². The average molecular weight is 293 g/mol. The van der Waals surface area contributed by atoms with Gasteiger partial charge in [-0.25, -0.2) is 0 Å². The van der Waals surface area contributed by atoms with E-state index in [2.05, 4.69) is 25.2 Å². The molecule has 1 unspecified atom stereocenters. The van der Waals surface area contributed by atoms with Crippen molar-refractivity contribution in [3.05, 3.63) is 23.7 Å². The Morgan fingerprint density at radius 3 is 2.19 bits per heavy atom. The summed E-state index contributed by atoms with van der Waals surface area (Å²) in [6.07, 6.45) is 15.4. The van der Waals surface area contributed by atoms with Crippen molar-refractivity contribution < 1.29 is 4.42 Å². The molecule has 0 spiro atoms. The van der Waals surface area contributed by atoms with Crippen LogP contribution in [0.25, 0.3) is 0 Å². The molecule has 0 aromatic carbocycles. The largest absolute Gasteiger partial charge is 0.469 e. The van der Waals surface area contributed by atoms with Crippen LogP contribution in [0.1, 0.15) is 95.4 Å². The van der Waals surface area contributed by atoms with Crippen molar-refractivity contribution in [3.8, 4) is 0 Å². The Morgan fingerprint density at radius 1 is 0.952 bits per heavy atom. The Bertz CT molecular complexity index is 345. The Kier molecular flexibility index (Phi) is 10.3. The van der Waals surface area contributed by atoms with Gasteiger partial charge in [-0.3, -0.25) is 0 Å². The smallest absolute Gasteiger partial charge is 0.101 e. The molecular weight excluding hydrogens is 258 g/mol. The fourth-order valence-electron chi connectivity index (χ4n) is 2.83. The summed E-state index contributed by atoms with van der Waals surface area (Å²) in [5, 5.41) is 3.66. The molecule has 0 aliphatic carbocycles. The molecule has 1 heterocycles. The van der Waals surface area contributed by atoms with Gasteiger partial charge in [0, 0.05) is 11.6 Å².